The molecule has 21 heavy (non-hydrogen) atoms. The molecule has 2 unspecified atom stereocenters. The van der Waals surface area contributed by atoms with Crippen LogP contribution in [0, 0.1) is 5.41 Å². The van der Waals surface area contributed by atoms with Crippen LogP contribution in [0.2, 0.25) is 0 Å². The number of nitrogens with one attached hydrogen (secondary N) is 1. The molecule has 2 atom stereocenters. The monoisotopic (exact) mass is 291 g/mol. The molecule has 0 radical (unpaired) electrons. The summed E-state index contributed by atoms with van der Waals surface area (Å²) in [5, 5.41) is 2.73. The number of esters is 1. The Bertz CT molecular complexity index is 543. The molecule has 1 amide bonds. The number of para-hydroxylation sites is 1. The fourth-order valence-electron chi connectivity index (χ4n) is 2.87. The quantitative estimate of drug-likeness (QED) is 0.839. The normalized spacial score (nSPS) is 24.5. The van der Waals surface area contributed by atoms with Gasteiger partial charge in [-0.2, -0.15) is 0 Å². The minimum absolute atomic E-state index is 0.120. The Hall–Kier alpha value is -2.04. The SMILES string of the molecule is CCOC(=O)C1NC(=O)CC1(C)Cc1ccccc1OC. The maximum atomic E-state index is 12.1. The number of benzene rings is 1. The molecule has 0 saturated carbocycles. The van der Waals surface area contributed by atoms with Gasteiger partial charge in [-0.1, -0.05) is 25.1 Å². The zero-order valence-electron chi connectivity index (χ0n) is 12.6. The van der Waals surface area contributed by atoms with Crippen molar-refractivity contribution in [2.45, 2.75) is 32.7 Å². The second-order valence-electron chi connectivity index (χ2n) is 5.57. The van der Waals surface area contributed by atoms with E-state index in [4.69, 9.17) is 9.47 Å². The molecule has 1 heterocycles. The van der Waals surface area contributed by atoms with Gasteiger partial charge in [0.1, 0.15) is 11.8 Å². The average molecular weight is 291 g/mol. The molecule has 1 aromatic rings. The molecule has 2 rings (SSSR count). The van der Waals surface area contributed by atoms with Gasteiger partial charge in [-0.05, 0) is 25.0 Å². The van der Waals surface area contributed by atoms with E-state index < -0.39 is 11.5 Å². The highest BCUT2D eigenvalue weighted by molar-refractivity contribution is 5.90. The zero-order chi connectivity index (χ0) is 15.5. The maximum Gasteiger partial charge on any atom is 0.329 e. The Kier molecular flexibility index (Phi) is 4.50. The maximum absolute atomic E-state index is 12.1. The van der Waals surface area contributed by atoms with Gasteiger partial charge in [0.15, 0.2) is 0 Å². The van der Waals surface area contributed by atoms with Crippen LogP contribution < -0.4 is 10.1 Å². The lowest BCUT2D eigenvalue weighted by molar-refractivity contribution is -0.148. The highest BCUT2D eigenvalue weighted by Gasteiger charge is 2.48. The van der Waals surface area contributed by atoms with Gasteiger partial charge in [0.05, 0.1) is 13.7 Å². The first-order chi connectivity index (χ1) is 10.00. The molecule has 0 aromatic heterocycles. The van der Waals surface area contributed by atoms with Crippen molar-refractivity contribution in [1.82, 2.24) is 5.32 Å². The third-order valence-corrected chi connectivity index (χ3v) is 3.88. The van der Waals surface area contributed by atoms with Gasteiger partial charge in [-0.15, -0.1) is 0 Å². The molecule has 1 aromatic carbocycles. The van der Waals surface area contributed by atoms with Crippen molar-refractivity contribution >= 4 is 11.9 Å². The molecule has 1 saturated heterocycles. The van der Waals surface area contributed by atoms with Gasteiger partial charge in [-0.25, -0.2) is 4.79 Å². The standard InChI is InChI=1S/C16H21NO4/c1-4-21-15(19)14-16(2,10-13(18)17-14)9-11-7-5-6-8-12(11)20-3/h5-8,14H,4,9-10H2,1-3H3,(H,17,18). The van der Waals surface area contributed by atoms with Gasteiger partial charge in [-0.3, -0.25) is 4.79 Å². The smallest absolute Gasteiger partial charge is 0.329 e. The van der Waals surface area contributed by atoms with Crippen molar-refractivity contribution in [1.29, 1.82) is 0 Å². The minimum atomic E-state index is -0.616. The van der Waals surface area contributed by atoms with E-state index in [1.54, 1.807) is 14.0 Å². The molecule has 0 aliphatic carbocycles. The van der Waals surface area contributed by atoms with Crippen LogP contribution in [0.15, 0.2) is 24.3 Å². The molecule has 114 valence electrons. The van der Waals surface area contributed by atoms with Crippen LogP contribution in [0.1, 0.15) is 25.8 Å². The topological polar surface area (TPSA) is 64.6 Å². The van der Waals surface area contributed by atoms with Crippen molar-refractivity contribution < 1.29 is 19.1 Å². The van der Waals surface area contributed by atoms with E-state index in [0.29, 0.717) is 19.4 Å². The molecule has 0 spiro atoms. The first kappa shape index (κ1) is 15.4. The van der Waals surface area contributed by atoms with E-state index in [1.807, 2.05) is 31.2 Å². The Balaban J connectivity index is 2.26. The van der Waals surface area contributed by atoms with Gasteiger partial charge in [0.2, 0.25) is 5.91 Å². The summed E-state index contributed by atoms with van der Waals surface area (Å²) in [6.07, 6.45) is 0.869. The van der Waals surface area contributed by atoms with Gasteiger partial charge in [0.25, 0.3) is 0 Å². The van der Waals surface area contributed by atoms with E-state index in [0.717, 1.165) is 11.3 Å². The minimum Gasteiger partial charge on any atom is -0.496 e. The largest absolute Gasteiger partial charge is 0.496 e. The van der Waals surface area contributed by atoms with Gasteiger partial charge < -0.3 is 14.8 Å². The van der Waals surface area contributed by atoms with E-state index in [2.05, 4.69) is 5.32 Å². The van der Waals surface area contributed by atoms with Crippen LogP contribution in [-0.4, -0.2) is 31.6 Å². The second kappa shape index (κ2) is 6.16. The number of carbonyl (C=O) groups is 2. The fraction of sp³-hybridized carbons (Fsp3) is 0.500. The summed E-state index contributed by atoms with van der Waals surface area (Å²) < 4.78 is 10.4. The summed E-state index contributed by atoms with van der Waals surface area (Å²) in [4.78, 5) is 23.9. The first-order valence-corrected chi connectivity index (χ1v) is 7.08. The first-order valence-electron chi connectivity index (χ1n) is 7.08. The summed E-state index contributed by atoms with van der Waals surface area (Å²) in [6.45, 7) is 3.99. The number of hydrogen-bond acceptors (Lipinski definition) is 4. The van der Waals surface area contributed by atoms with Crippen molar-refractivity contribution in [3.8, 4) is 5.75 Å². The average Bonchev–Trinajstić information content (AvgIpc) is 2.74. The third kappa shape index (κ3) is 3.17. The fourth-order valence-corrected chi connectivity index (χ4v) is 2.87. The van der Waals surface area contributed by atoms with Crippen LogP contribution >= 0.6 is 0 Å². The predicted molar refractivity (Wildman–Crippen MR) is 78.0 cm³/mol. The third-order valence-electron chi connectivity index (χ3n) is 3.88. The molecule has 1 aliphatic heterocycles. The molecule has 1 aliphatic rings. The van der Waals surface area contributed by atoms with Crippen LogP contribution in [0.3, 0.4) is 0 Å². The van der Waals surface area contributed by atoms with Crippen LogP contribution in [-0.2, 0) is 20.7 Å². The number of methoxy groups -OCH3 is 1. The molecule has 1 fully saturated rings. The highest BCUT2D eigenvalue weighted by atomic mass is 16.5. The number of carbonyl (C=O) groups excluding carboxylic acids is 2. The molecule has 1 N–H and O–H groups in total. The lowest BCUT2D eigenvalue weighted by atomic mass is 9.77. The second-order valence-corrected chi connectivity index (χ2v) is 5.57. The molecular formula is C16H21NO4. The summed E-state index contributed by atoms with van der Waals surface area (Å²) in [5.74, 6) is 0.270. The number of amides is 1. The summed E-state index contributed by atoms with van der Waals surface area (Å²) >= 11 is 0. The molecule has 5 nitrogen and oxygen atoms in total. The van der Waals surface area contributed by atoms with E-state index in [9.17, 15) is 9.59 Å². The Labute approximate surface area is 124 Å². The van der Waals surface area contributed by atoms with Crippen molar-refractivity contribution in [2.75, 3.05) is 13.7 Å². The van der Waals surface area contributed by atoms with E-state index in [1.165, 1.54) is 0 Å². The number of hydrogen-bond donors (Lipinski definition) is 1. The molecule has 0 bridgehead atoms. The van der Waals surface area contributed by atoms with Crippen molar-refractivity contribution in [3.05, 3.63) is 29.8 Å². The Morgan fingerprint density at radius 3 is 2.81 bits per heavy atom. The summed E-state index contributed by atoms with van der Waals surface area (Å²) in [5.41, 5.74) is 0.464. The predicted octanol–water partition coefficient (Wildman–Crippen LogP) is 1.70. The van der Waals surface area contributed by atoms with Gasteiger partial charge >= 0.3 is 5.97 Å². The molecular weight excluding hydrogens is 270 g/mol. The Morgan fingerprint density at radius 1 is 1.43 bits per heavy atom. The zero-order valence-corrected chi connectivity index (χ0v) is 12.6. The lowest BCUT2D eigenvalue weighted by Gasteiger charge is -2.29. The van der Waals surface area contributed by atoms with Crippen LogP contribution in [0.4, 0.5) is 0 Å². The number of rotatable bonds is 5. The van der Waals surface area contributed by atoms with Crippen LogP contribution in [0.25, 0.3) is 0 Å². The summed E-state index contributed by atoms with van der Waals surface area (Å²) in [7, 11) is 1.61. The van der Waals surface area contributed by atoms with Crippen molar-refractivity contribution in [3.63, 3.8) is 0 Å². The van der Waals surface area contributed by atoms with Crippen LogP contribution in [0.5, 0.6) is 5.75 Å². The van der Waals surface area contributed by atoms with E-state index >= 15 is 0 Å². The lowest BCUT2D eigenvalue weighted by Crippen LogP contribution is -2.44. The Morgan fingerprint density at radius 2 is 2.14 bits per heavy atom. The van der Waals surface area contributed by atoms with Crippen molar-refractivity contribution in [2.24, 2.45) is 5.41 Å². The summed E-state index contributed by atoms with van der Waals surface area (Å²) in [6, 6.07) is 7.03. The van der Waals surface area contributed by atoms with E-state index in [-0.39, 0.29) is 11.9 Å². The highest BCUT2D eigenvalue weighted by Crippen LogP contribution is 2.38. The van der Waals surface area contributed by atoms with Gasteiger partial charge in [0, 0.05) is 11.8 Å². The number of ether oxygens (including phenoxy) is 2. The molecule has 5 heteroatoms.